The summed E-state index contributed by atoms with van der Waals surface area (Å²) >= 11 is 0. The maximum atomic E-state index is 12.1. The first-order valence-corrected chi connectivity index (χ1v) is 8.51. The van der Waals surface area contributed by atoms with Gasteiger partial charge in [-0.05, 0) is 49.4 Å². The van der Waals surface area contributed by atoms with Crippen molar-refractivity contribution in [2.24, 2.45) is 11.8 Å². The fourth-order valence-electron chi connectivity index (χ4n) is 2.96. The molecule has 6 nitrogen and oxygen atoms in total. The summed E-state index contributed by atoms with van der Waals surface area (Å²) in [5.41, 5.74) is 1.16. The Bertz CT molecular complexity index is 635. The van der Waals surface area contributed by atoms with E-state index in [0.29, 0.717) is 17.2 Å². The number of rotatable bonds is 5. The first-order chi connectivity index (χ1) is 11.5. The van der Waals surface area contributed by atoms with E-state index in [0.717, 1.165) is 32.4 Å². The molecule has 24 heavy (non-hydrogen) atoms. The first-order valence-electron chi connectivity index (χ1n) is 8.51. The fourth-order valence-corrected chi connectivity index (χ4v) is 2.96. The van der Waals surface area contributed by atoms with Gasteiger partial charge in [0.25, 0.3) is 5.91 Å². The molecule has 0 spiro atoms. The Morgan fingerprint density at radius 3 is 2.33 bits per heavy atom. The zero-order valence-electron chi connectivity index (χ0n) is 13.9. The van der Waals surface area contributed by atoms with Crippen LogP contribution in [0.2, 0.25) is 0 Å². The van der Waals surface area contributed by atoms with Crippen LogP contribution in [-0.4, -0.2) is 42.3 Å². The summed E-state index contributed by atoms with van der Waals surface area (Å²) in [6, 6.07) is 6.73. The number of nitrogens with one attached hydrogen (secondary N) is 2. The minimum atomic E-state index is -0.281. The second-order valence-corrected chi connectivity index (χ2v) is 6.66. The normalized spacial score (nSPS) is 22.1. The Kier molecular flexibility index (Phi) is 4.83. The van der Waals surface area contributed by atoms with Gasteiger partial charge in [-0.3, -0.25) is 14.4 Å². The largest absolute Gasteiger partial charge is 0.343 e. The molecule has 0 bridgehead atoms. The zero-order chi connectivity index (χ0) is 17.1. The van der Waals surface area contributed by atoms with Crippen molar-refractivity contribution in [3.8, 4) is 0 Å². The third kappa shape index (κ3) is 3.93. The fraction of sp³-hybridized carbons (Fsp3) is 0.500. The average molecular weight is 329 g/mol. The Labute approximate surface area is 141 Å². The summed E-state index contributed by atoms with van der Waals surface area (Å²) in [6.07, 6.45) is 3.01. The Balaban J connectivity index is 1.48. The van der Waals surface area contributed by atoms with Crippen LogP contribution in [0.3, 0.4) is 0 Å². The number of carbonyl (C=O) groups is 3. The van der Waals surface area contributed by atoms with Crippen LogP contribution in [0.4, 0.5) is 5.69 Å². The van der Waals surface area contributed by atoms with Gasteiger partial charge >= 0.3 is 0 Å². The van der Waals surface area contributed by atoms with Crippen molar-refractivity contribution in [3.05, 3.63) is 29.8 Å². The lowest BCUT2D eigenvalue weighted by molar-refractivity contribution is -0.129. The highest BCUT2D eigenvalue weighted by Crippen LogP contribution is 2.38. The molecule has 2 unspecified atom stereocenters. The van der Waals surface area contributed by atoms with Gasteiger partial charge < -0.3 is 15.5 Å². The Morgan fingerprint density at radius 1 is 1.12 bits per heavy atom. The SMILES string of the molecule is CC1CC1C(=O)Nc1ccc(C(=O)NCC(=O)N2CCCC2)cc1. The number of benzene rings is 1. The number of hydrogen-bond acceptors (Lipinski definition) is 3. The standard InChI is InChI=1S/C18H23N3O3/c1-12-10-15(12)18(24)20-14-6-4-13(5-7-14)17(23)19-11-16(22)21-8-2-3-9-21/h4-7,12,15H,2-3,8-11H2,1H3,(H,19,23)(H,20,24). The molecule has 1 aromatic rings. The molecule has 1 heterocycles. The third-order valence-electron chi connectivity index (χ3n) is 4.72. The number of anilines is 1. The molecule has 2 aliphatic rings. The van der Waals surface area contributed by atoms with Gasteiger partial charge in [0.15, 0.2) is 0 Å². The first kappa shape index (κ1) is 16.5. The lowest BCUT2D eigenvalue weighted by Crippen LogP contribution is -2.38. The van der Waals surface area contributed by atoms with Crippen LogP contribution in [-0.2, 0) is 9.59 Å². The summed E-state index contributed by atoms with van der Waals surface area (Å²) in [6.45, 7) is 3.64. The predicted octanol–water partition coefficient (Wildman–Crippen LogP) is 1.63. The molecule has 0 aromatic heterocycles. The minimum Gasteiger partial charge on any atom is -0.343 e. The zero-order valence-corrected chi connectivity index (χ0v) is 13.9. The van der Waals surface area contributed by atoms with Crippen LogP contribution >= 0.6 is 0 Å². The maximum absolute atomic E-state index is 12.1. The maximum Gasteiger partial charge on any atom is 0.251 e. The lowest BCUT2D eigenvalue weighted by atomic mass is 10.2. The van der Waals surface area contributed by atoms with E-state index in [1.807, 2.05) is 0 Å². The van der Waals surface area contributed by atoms with Crippen LogP contribution < -0.4 is 10.6 Å². The van der Waals surface area contributed by atoms with E-state index in [-0.39, 0.29) is 30.2 Å². The smallest absolute Gasteiger partial charge is 0.251 e. The molecule has 2 atom stereocenters. The van der Waals surface area contributed by atoms with E-state index < -0.39 is 0 Å². The van der Waals surface area contributed by atoms with Gasteiger partial charge in [0.05, 0.1) is 6.54 Å². The molecule has 1 aromatic carbocycles. The Hall–Kier alpha value is -2.37. The number of hydrogen-bond donors (Lipinski definition) is 2. The highest BCUT2D eigenvalue weighted by Gasteiger charge is 2.39. The molecule has 0 radical (unpaired) electrons. The molecule has 2 fully saturated rings. The molecular formula is C18H23N3O3. The third-order valence-corrected chi connectivity index (χ3v) is 4.72. The quantitative estimate of drug-likeness (QED) is 0.862. The number of nitrogens with zero attached hydrogens (tertiary/aromatic N) is 1. The lowest BCUT2D eigenvalue weighted by Gasteiger charge is -2.15. The molecule has 6 heteroatoms. The van der Waals surface area contributed by atoms with E-state index in [1.54, 1.807) is 29.2 Å². The van der Waals surface area contributed by atoms with Crippen molar-refractivity contribution in [2.45, 2.75) is 26.2 Å². The van der Waals surface area contributed by atoms with Crippen LogP contribution in [0.25, 0.3) is 0 Å². The molecule has 128 valence electrons. The highest BCUT2D eigenvalue weighted by atomic mass is 16.2. The summed E-state index contributed by atoms with van der Waals surface area (Å²) < 4.78 is 0. The summed E-state index contributed by atoms with van der Waals surface area (Å²) in [5, 5.41) is 5.51. The van der Waals surface area contributed by atoms with Gasteiger partial charge in [0.2, 0.25) is 11.8 Å². The second kappa shape index (κ2) is 7.03. The second-order valence-electron chi connectivity index (χ2n) is 6.66. The van der Waals surface area contributed by atoms with Gasteiger partial charge in [-0.15, -0.1) is 0 Å². The summed E-state index contributed by atoms with van der Waals surface area (Å²) in [7, 11) is 0. The van der Waals surface area contributed by atoms with Gasteiger partial charge in [-0.2, -0.15) is 0 Å². The van der Waals surface area contributed by atoms with Crippen molar-refractivity contribution in [3.63, 3.8) is 0 Å². The molecule has 3 amide bonds. The average Bonchev–Trinajstić information content (AvgIpc) is 3.09. The Morgan fingerprint density at radius 2 is 1.75 bits per heavy atom. The van der Waals surface area contributed by atoms with Gasteiger partial charge in [0.1, 0.15) is 0 Å². The van der Waals surface area contributed by atoms with Crippen molar-refractivity contribution in [1.29, 1.82) is 0 Å². The van der Waals surface area contributed by atoms with E-state index >= 15 is 0 Å². The molecule has 1 aliphatic heterocycles. The molecule has 1 aliphatic carbocycles. The highest BCUT2D eigenvalue weighted by molar-refractivity contribution is 5.98. The summed E-state index contributed by atoms with van der Waals surface area (Å²) in [5.74, 6) is 0.295. The van der Waals surface area contributed by atoms with Crippen LogP contribution in [0.5, 0.6) is 0 Å². The molecular weight excluding hydrogens is 306 g/mol. The topological polar surface area (TPSA) is 78.5 Å². The predicted molar refractivity (Wildman–Crippen MR) is 90.5 cm³/mol. The monoisotopic (exact) mass is 329 g/mol. The van der Waals surface area contributed by atoms with Crippen molar-refractivity contribution >= 4 is 23.4 Å². The van der Waals surface area contributed by atoms with Crippen LogP contribution in [0, 0.1) is 11.8 Å². The molecule has 1 saturated carbocycles. The van der Waals surface area contributed by atoms with Crippen LogP contribution in [0.15, 0.2) is 24.3 Å². The van der Waals surface area contributed by atoms with E-state index in [4.69, 9.17) is 0 Å². The number of likely N-dealkylation sites (tertiary alicyclic amines) is 1. The van der Waals surface area contributed by atoms with E-state index in [9.17, 15) is 14.4 Å². The van der Waals surface area contributed by atoms with Crippen molar-refractivity contribution in [2.75, 3.05) is 25.0 Å². The van der Waals surface area contributed by atoms with E-state index in [2.05, 4.69) is 17.6 Å². The number of carbonyl (C=O) groups excluding carboxylic acids is 3. The van der Waals surface area contributed by atoms with Gasteiger partial charge in [-0.25, -0.2) is 0 Å². The van der Waals surface area contributed by atoms with Crippen molar-refractivity contribution in [1.82, 2.24) is 10.2 Å². The molecule has 2 N–H and O–H groups in total. The van der Waals surface area contributed by atoms with Gasteiger partial charge in [-0.1, -0.05) is 6.92 Å². The molecule has 3 rings (SSSR count). The number of amides is 3. The molecule has 1 saturated heterocycles. The van der Waals surface area contributed by atoms with Crippen LogP contribution in [0.1, 0.15) is 36.5 Å². The van der Waals surface area contributed by atoms with Gasteiger partial charge in [0, 0.05) is 30.3 Å². The summed E-state index contributed by atoms with van der Waals surface area (Å²) in [4.78, 5) is 37.7. The van der Waals surface area contributed by atoms with E-state index in [1.165, 1.54) is 0 Å². The minimum absolute atomic E-state index is 0.0247. The van der Waals surface area contributed by atoms with Crippen molar-refractivity contribution < 1.29 is 14.4 Å².